The molecule has 2 aromatic carbocycles. The van der Waals surface area contributed by atoms with Crippen molar-refractivity contribution in [3.05, 3.63) is 63.6 Å². The van der Waals surface area contributed by atoms with Crippen LogP contribution in [0.25, 0.3) is 16.3 Å². The van der Waals surface area contributed by atoms with Gasteiger partial charge in [-0.15, -0.1) is 16.4 Å². The van der Waals surface area contributed by atoms with Crippen molar-refractivity contribution >= 4 is 56.2 Å². The van der Waals surface area contributed by atoms with E-state index in [2.05, 4.69) is 10.3 Å². The Morgan fingerprint density at radius 2 is 1.85 bits per heavy atom. The van der Waals surface area contributed by atoms with Gasteiger partial charge in [0.1, 0.15) is 10.6 Å². The van der Waals surface area contributed by atoms with Gasteiger partial charge < -0.3 is 14.2 Å². The first kappa shape index (κ1) is 28.7. The SMILES string of the molecule is CCOC(=O)c1cc(Cl)cc(-n2cc(-c3sc(Cl)cc3S(=O)(=O)N(C)c3ccc(OCC)c(OC)c3)nn2)c1. The number of rotatable bonds is 10. The Hall–Kier alpha value is -3.32. The third kappa shape index (κ3) is 5.98. The van der Waals surface area contributed by atoms with Crippen molar-refractivity contribution < 1.29 is 27.4 Å². The number of thiophene rings is 1. The Morgan fingerprint density at radius 1 is 1.08 bits per heavy atom. The molecule has 0 unspecified atom stereocenters. The molecule has 39 heavy (non-hydrogen) atoms. The van der Waals surface area contributed by atoms with Gasteiger partial charge >= 0.3 is 5.97 Å². The Labute approximate surface area is 239 Å². The average Bonchev–Trinajstić information content (AvgIpc) is 3.56. The minimum atomic E-state index is -4.08. The number of anilines is 1. The number of carbonyl (C=O) groups is 1. The second-order valence-corrected chi connectivity index (χ2v) is 12.0. The lowest BCUT2D eigenvalue weighted by atomic mass is 10.2. The lowest BCUT2D eigenvalue weighted by molar-refractivity contribution is 0.0526. The largest absolute Gasteiger partial charge is 0.493 e. The first-order chi connectivity index (χ1) is 18.6. The Balaban J connectivity index is 1.71. The van der Waals surface area contributed by atoms with Gasteiger partial charge in [-0.25, -0.2) is 17.9 Å². The monoisotopic (exact) mass is 610 g/mol. The summed E-state index contributed by atoms with van der Waals surface area (Å²) in [4.78, 5) is 12.5. The van der Waals surface area contributed by atoms with Crippen molar-refractivity contribution in [2.45, 2.75) is 18.7 Å². The Bertz CT molecular complexity index is 1620. The first-order valence-corrected chi connectivity index (χ1v) is 14.6. The molecule has 2 heterocycles. The summed E-state index contributed by atoms with van der Waals surface area (Å²) in [6.07, 6.45) is 1.53. The molecule has 14 heteroatoms. The number of benzene rings is 2. The normalized spacial score (nSPS) is 11.3. The van der Waals surface area contributed by atoms with Crippen molar-refractivity contribution in [2.75, 3.05) is 31.7 Å². The molecule has 0 radical (unpaired) electrons. The van der Waals surface area contributed by atoms with Crippen LogP contribution in [0.15, 0.2) is 53.6 Å². The fraction of sp³-hybridized carbons (Fsp3) is 0.240. The fourth-order valence-electron chi connectivity index (χ4n) is 3.66. The second kappa shape index (κ2) is 11.8. The van der Waals surface area contributed by atoms with Gasteiger partial charge in [0.05, 0.1) is 52.7 Å². The van der Waals surface area contributed by atoms with E-state index in [0.29, 0.717) is 39.4 Å². The summed E-state index contributed by atoms with van der Waals surface area (Å²) in [6.45, 7) is 4.19. The molecule has 0 atom stereocenters. The molecular weight excluding hydrogens is 587 g/mol. The van der Waals surface area contributed by atoms with E-state index in [0.717, 1.165) is 15.6 Å². The van der Waals surface area contributed by atoms with E-state index in [-0.39, 0.29) is 27.1 Å². The minimum absolute atomic E-state index is 0.0433. The number of nitrogens with zero attached hydrogens (tertiary/aromatic N) is 4. The van der Waals surface area contributed by atoms with E-state index < -0.39 is 16.0 Å². The third-order valence-electron chi connectivity index (χ3n) is 5.50. The lowest BCUT2D eigenvalue weighted by Gasteiger charge is -2.21. The van der Waals surface area contributed by atoms with Crippen LogP contribution in [-0.4, -0.2) is 56.8 Å². The number of hydrogen-bond donors (Lipinski definition) is 0. The molecule has 2 aromatic heterocycles. The maximum absolute atomic E-state index is 13.7. The third-order valence-corrected chi connectivity index (χ3v) is 8.94. The number of esters is 1. The molecule has 0 fully saturated rings. The number of ether oxygens (including phenoxy) is 3. The molecule has 0 aliphatic rings. The van der Waals surface area contributed by atoms with Crippen LogP contribution >= 0.6 is 34.5 Å². The second-order valence-electron chi connectivity index (χ2n) is 7.95. The highest BCUT2D eigenvalue weighted by Gasteiger charge is 2.29. The van der Waals surface area contributed by atoms with E-state index in [9.17, 15) is 13.2 Å². The number of aromatic nitrogens is 3. The maximum Gasteiger partial charge on any atom is 0.338 e. The summed E-state index contributed by atoms with van der Waals surface area (Å²) in [5.74, 6) is 0.359. The van der Waals surface area contributed by atoms with Gasteiger partial charge in [0, 0.05) is 18.1 Å². The number of halogens is 2. The fourth-order valence-corrected chi connectivity index (χ4v) is 6.83. The predicted molar refractivity (Wildman–Crippen MR) is 150 cm³/mol. The molecule has 0 aliphatic carbocycles. The maximum atomic E-state index is 13.7. The van der Waals surface area contributed by atoms with Crippen LogP contribution in [0.4, 0.5) is 5.69 Å². The molecule has 4 rings (SSSR count). The van der Waals surface area contributed by atoms with Gasteiger partial charge in [-0.1, -0.05) is 28.4 Å². The molecular formula is C25H24Cl2N4O6S2. The highest BCUT2D eigenvalue weighted by Crippen LogP contribution is 2.40. The Morgan fingerprint density at radius 3 is 2.54 bits per heavy atom. The summed E-state index contributed by atoms with van der Waals surface area (Å²) in [6, 6.07) is 10.8. The molecule has 0 amide bonds. The quantitative estimate of drug-likeness (QED) is 0.210. The highest BCUT2D eigenvalue weighted by molar-refractivity contribution is 7.93. The molecule has 4 aromatic rings. The van der Waals surface area contributed by atoms with E-state index in [1.54, 1.807) is 37.3 Å². The number of methoxy groups -OCH3 is 1. The summed E-state index contributed by atoms with van der Waals surface area (Å²) in [5, 5.41) is 8.58. The Kier molecular flexibility index (Phi) is 8.70. The molecule has 0 aliphatic heterocycles. The smallest absolute Gasteiger partial charge is 0.338 e. The summed E-state index contributed by atoms with van der Waals surface area (Å²) >= 11 is 13.5. The average molecular weight is 612 g/mol. The van der Waals surface area contributed by atoms with Crippen LogP contribution in [0.1, 0.15) is 24.2 Å². The molecule has 0 N–H and O–H groups in total. The van der Waals surface area contributed by atoms with Crippen LogP contribution in [0.5, 0.6) is 11.5 Å². The zero-order valence-corrected chi connectivity index (χ0v) is 24.5. The van der Waals surface area contributed by atoms with Crippen LogP contribution < -0.4 is 13.8 Å². The first-order valence-electron chi connectivity index (χ1n) is 11.6. The van der Waals surface area contributed by atoms with E-state index >= 15 is 0 Å². The van der Waals surface area contributed by atoms with Crippen molar-refractivity contribution in [3.8, 4) is 27.8 Å². The van der Waals surface area contributed by atoms with Crippen molar-refractivity contribution in [1.29, 1.82) is 0 Å². The van der Waals surface area contributed by atoms with Gasteiger partial charge in [-0.05, 0) is 50.2 Å². The summed E-state index contributed by atoms with van der Waals surface area (Å²) < 4.78 is 46.2. The van der Waals surface area contributed by atoms with Crippen LogP contribution in [0, 0.1) is 0 Å². The van der Waals surface area contributed by atoms with Gasteiger partial charge in [-0.2, -0.15) is 0 Å². The summed E-state index contributed by atoms with van der Waals surface area (Å²) in [5.41, 5.74) is 1.31. The zero-order valence-electron chi connectivity index (χ0n) is 21.3. The standard InChI is InChI=1S/C25H24Cl2N4O6S2/c1-5-36-20-8-7-17(12-21(20)35-4)30(3)39(33,34)22-13-23(27)38-24(22)19-14-31(29-28-19)18-10-15(9-16(26)11-18)25(32)37-6-2/h7-14H,5-6H2,1-4H3. The van der Waals surface area contributed by atoms with Crippen LogP contribution in [0.2, 0.25) is 9.36 Å². The van der Waals surface area contributed by atoms with Gasteiger partial charge in [-0.3, -0.25) is 4.31 Å². The molecule has 0 saturated carbocycles. The zero-order chi connectivity index (χ0) is 28.3. The van der Waals surface area contributed by atoms with Gasteiger partial charge in [0.25, 0.3) is 10.0 Å². The molecule has 0 spiro atoms. The van der Waals surface area contributed by atoms with E-state index in [1.807, 2.05) is 6.92 Å². The van der Waals surface area contributed by atoms with Crippen molar-refractivity contribution in [2.24, 2.45) is 0 Å². The molecule has 10 nitrogen and oxygen atoms in total. The van der Waals surface area contributed by atoms with E-state index in [4.69, 9.17) is 37.4 Å². The predicted octanol–water partition coefficient (Wildman–Crippen LogP) is 5.71. The molecule has 0 saturated heterocycles. The number of sulfonamides is 1. The van der Waals surface area contributed by atoms with Gasteiger partial charge in [0.2, 0.25) is 0 Å². The van der Waals surface area contributed by atoms with Crippen LogP contribution in [0.3, 0.4) is 0 Å². The lowest BCUT2D eigenvalue weighted by Crippen LogP contribution is -2.26. The summed E-state index contributed by atoms with van der Waals surface area (Å²) in [7, 11) is -1.17. The molecule has 0 bridgehead atoms. The molecule has 206 valence electrons. The minimum Gasteiger partial charge on any atom is -0.493 e. The van der Waals surface area contributed by atoms with Crippen molar-refractivity contribution in [3.63, 3.8) is 0 Å². The van der Waals surface area contributed by atoms with E-state index in [1.165, 1.54) is 37.2 Å². The topological polar surface area (TPSA) is 113 Å². The van der Waals surface area contributed by atoms with Crippen molar-refractivity contribution in [1.82, 2.24) is 15.0 Å². The van der Waals surface area contributed by atoms with Gasteiger partial charge in [0.15, 0.2) is 11.5 Å². The number of hydrogen-bond acceptors (Lipinski definition) is 9. The number of carbonyl (C=O) groups excluding carboxylic acids is 1. The van der Waals surface area contributed by atoms with Crippen LogP contribution in [-0.2, 0) is 14.8 Å². The highest BCUT2D eigenvalue weighted by atomic mass is 35.5.